The first-order valence-electron chi connectivity index (χ1n) is 9.93. The van der Waals surface area contributed by atoms with E-state index >= 15 is 0 Å². The van der Waals surface area contributed by atoms with E-state index in [9.17, 15) is 29.1 Å². The van der Waals surface area contributed by atoms with Crippen molar-refractivity contribution in [2.45, 2.75) is 63.7 Å². The van der Waals surface area contributed by atoms with Crippen LogP contribution in [0.3, 0.4) is 0 Å². The van der Waals surface area contributed by atoms with Crippen molar-refractivity contribution in [2.75, 3.05) is 13.2 Å². The van der Waals surface area contributed by atoms with Crippen molar-refractivity contribution in [3.05, 3.63) is 0 Å². The summed E-state index contributed by atoms with van der Waals surface area (Å²) in [6.45, 7) is 2.89. The minimum Gasteiger partial charge on any atom is -0.480 e. The molecule has 0 aromatic heterocycles. The van der Waals surface area contributed by atoms with Crippen LogP contribution in [-0.4, -0.2) is 77.1 Å². The fourth-order valence-corrected chi connectivity index (χ4v) is 2.57. The van der Waals surface area contributed by atoms with Crippen LogP contribution >= 0.6 is 0 Å². The summed E-state index contributed by atoms with van der Waals surface area (Å²) in [5.41, 5.74) is 16.0. The lowest BCUT2D eigenvalue weighted by Crippen LogP contribution is -2.58. The highest BCUT2D eigenvalue weighted by molar-refractivity contribution is 5.96. The van der Waals surface area contributed by atoms with Crippen molar-refractivity contribution < 1.29 is 34.2 Å². The van der Waals surface area contributed by atoms with Crippen LogP contribution in [0.1, 0.15) is 39.5 Å². The Morgan fingerprint density at radius 3 is 1.90 bits per heavy atom. The Balaban J connectivity index is 5.47. The van der Waals surface area contributed by atoms with Crippen LogP contribution in [0.2, 0.25) is 0 Å². The number of carbonyl (C=O) groups is 5. The zero-order chi connectivity index (χ0) is 24.1. The van der Waals surface area contributed by atoms with E-state index in [0.29, 0.717) is 19.4 Å². The maximum absolute atomic E-state index is 12.7. The SMILES string of the molecule is CC(C)C(NC(=O)C(CCCCN)NC(=O)C(CC(N)=O)NC(=O)C(N)CO)C(=O)O. The first-order valence-corrected chi connectivity index (χ1v) is 9.93. The van der Waals surface area contributed by atoms with Crippen molar-refractivity contribution in [1.82, 2.24) is 16.0 Å². The van der Waals surface area contributed by atoms with Crippen LogP contribution in [0.5, 0.6) is 0 Å². The van der Waals surface area contributed by atoms with E-state index in [4.69, 9.17) is 22.3 Å². The molecule has 178 valence electrons. The summed E-state index contributed by atoms with van der Waals surface area (Å²) < 4.78 is 0. The van der Waals surface area contributed by atoms with Crippen LogP contribution in [0, 0.1) is 5.92 Å². The fraction of sp³-hybridized carbons (Fsp3) is 0.722. The minimum atomic E-state index is -1.44. The van der Waals surface area contributed by atoms with Gasteiger partial charge >= 0.3 is 5.97 Å². The number of unbranched alkanes of at least 4 members (excludes halogenated alkanes) is 1. The Morgan fingerprint density at radius 1 is 0.903 bits per heavy atom. The number of hydrogen-bond donors (Lipinski definition) is 8. The van der Waals surface area contributed by atoms with E-state index in [1.807, 2.05) is 0 Å². The number of aliphatic carboxylic acids is 1. The number of amides is 4. The Labute approximate surface area is 180 Å². The predicted molar refractivity (Wildman–Crippen MR) is 110 cm³/mol. The molecule has 11 N–H and O–H groups in total. The van der Waals surface area contributed by atoms with Gasteiger partial charge in [-0.05, 0) is 31.7 Å². The molecular formula is C18H34N6O7. The lowest BCUT2D eigenvalue weighted by Gasteiger charge is -2.25. The van der Waals surface area contributed by atoms with Crippen molar-refractivity contribution in [3.63, 3.8) is 0 Å². The highest BCUT2D eigenvalue weighted by Crippen LogP contribution is 2.07. The standard InChI is InChI=1S/C18H34N6O7/c1-9(2)14(18(30)31)24-16(28)11(5-3-4-6-19)22-17(29)12(7-13(21)26)23-15(27)10(20)8-25/h9-12,14,25H,3-8,19-20H2,1-2H3,(H2,21,26)(H,22,29)(H,23,27)(H,24,28)(H,30,31). The highest BCUT2D eigenvalue weighted by Gasteiger charge is 2.31. The Hall–Kier alpha value is -2.77. The van der Waals surface area contributed by atoms with Crippen LogP contribution < -0.4 is 33.2 Å². The van der Waals surface area contributed by atoms with E-state index in [0.717, 1.165) is 0 Å². The number of carbonyl (C=O) groups excluding carboxylic acids is 4. The van der Waals surface area contributed by atoms with Crippen LogP contribution in [0.25, 0.3) is 0 Å². The van der Waals surface area contributed by atoms with Crippen molar-refractivity contribution in [3.8, 4) is 0 Å². The van der Waals surface area contributed by atoms with Gasteiger partial charge < -0.3 is 43.4 Å². The van der Waals surface area contributed by atoms with Gasteiger partial charge in [0.1, 0.15) is 24.2 Å². The molecule has 13 heteroatoms. The van der Waals surface area contributed by atoms with Gasteiger partial charge in [0.15, 0.2) is 0 Å². The molecule has 0 aliphatic heterocycles. The first-order chi connectivity index (χ1) is 14.4. The second kappa shape index (κ2) is 14.3. The monoisotopic (exact) mass is 446 g/mol. The van der Waals surface area contributed by atoms with Gasteiger partial charge in [-0.2, -0.15) is 0 Å². The van der Waals surface area contributed by atoms with Crippen molar-refractivity contribution in [2.24, 2.45) is 23.1 Å². The molecule has 4 amide bonds. The third kappa shape index (κ3) is 10.7. The topological polar surface area (TPSA) is 240 Å². The number of nitrogens with one attached hydrogen (secondary N) is 3. The molecule has 0 rings (SSSR count). The summed E-state index contributed by atoms with van der Waals surface area (Å²) in [6, 6.07) is -5.08. The molecular weight excluding hydrogens is 412 g/mol. The molecule has 0 aliphatic carbocycles. The molecule has 0 heterocycles. The van der Waals surface area contributed by atoms with Gasteiger partial charge in [-0.1, -0.05) is 13.8 Å². The molecule has 0 saturated carbocycles. The van der Waals surface area contributed by atoms with Crippen molar-refractivity contribution >= 4 is 29.6 Å². The first kappa shape index (κ1) is 28.2. The van der Waals surface area contributed by atoms with E-state index in [-0.39, 0.29) is 6.42 Å². The van der Waals surface area contributed by atoms with Gasteiger partial charge in [0, 0.05) is 0 Å². The fourth-order valence-electron chi connectivity index (χ4n) is 2.57. The molecule has 0 aromatic carbocycles. The van der Waals surface area contributed by atoms with E-state index < -0.39 is 72.7 Å². The largest absolute Gasteiger partial charge is 0.480 e. The minimum absolute atomic E-state index is 0.145. The van der Waals surface area contributed by atoms with E-state index in [2.05, 4.69) is 16.0 Å². The van der Waals surface area contributed by atoms with Crippen LogP contribution in [0.4, 0.5) is 0 Å². The van der Waals surface area contributed by atoms with E-state index in [1.165, 1.54) is 0 Å². The molecule has 0 fully saturated rings. The second-order valence-electron chi connectivity index (χ2n) is 7.43. The average Bonchev–Trinajstić information content (AvgIpc) is 2.68. The summed E-state index contributed by atoms with van der Waals surface area (Å²) in [5.74, 6) is -5.05. The number of carboxylic acid groups (broad SMARTS) is 1. The number of rotatable bonds is 15. The molecule has 13 nitrogen and oxygen atoms in total. The molecule has 4 atom stereocenters. The Morgan fingerprint density at radius 2 is 1.45 bits per heavy atom. The highest BCUT2D eigenvalue weighted by atomic mass is 16.4. The van der Waals surface area contributed by atoms with Gasteiger partial charge in [0.2, 0.25) is 23.6 Å². The number of carboxylic acids is 1. The van der Waals surface area contributed by atoms with Gasteiger partial charge in [0.05, 0.1) is 13.0 Å². The maximum Gasteiger partial charge on any atom is 0.326 e. The lowest BCUT2D eigenvalue weighted by molar-refractivity contribution is -0.143. The zero-order valence-electron chi connectivity index (χ0n) is 17.8. The summed E-state index contributed by atoms with van der Waals surface area (Å²) in [5, 5.41) is 25.2. The lowest BCUT2D eigenvalue weighted by atomic mass is 10.0. The smallest absolute Gasteiger partial charge is 0.326 e. The quantitative estimate of drug-likeness (QED) is 0.116. The van der Waals surface area contributed by atoms with Gasteiger partial charge in [-0.25, -0.2) is 4.79 Å². The van der Waals surface area contributed by atoms with Gasteiger partial charge in [-0.15, -0.1) is 0 Å². The third-order valence-corrected chi connectivity index (χ3v) is 4.38. The normalized spacial score (nSPS) is 14.8. The molecule has 4 unspecified atom stereocenters. The van der Waals surface area contributed by atoms with E-state index in [1.54, 1.807) is 13.8 Å². The van der Waals surface area contributed by atoms with Gasteiger partial charge in [0.25, 0.3) is 0 Å². The number of hydrogen-bond acceptors (Lipinski definition) is 8. The third-order valence-electron chi connectivity index (χ3n) is 4.38. The van der Waals surface area contributed by atoms with Crippen LogP contribution in [0.15, 0.2) is 0 Å². The number of aliphatic hydroxyl groups excluding tert-OH is 1. The summed E-state index contributed by atoms with van der Waals surface area (Å²) >= 11 is 0. The second-order valence-corrected chi connectivity index (χ2v) is 7.43. The molecule has 0 aliphatic rings. The van der Waals surface area contributed by atoms with Gasteiger partial charge in [-0.3, -0.25) is 19.2 Å². The number of aliphatic hydroxyl groups is 1. The molecule has 0 aromatic rings. The molecule has 31 heavy (non-hydrogen) atoms. The zero-order valence-corrected chi connectivity index (χ0v) is 17.8. The summed E-state index contributed by atoms with van der Waals surface area (Å²) in [7, 11) is 0. The Bertz CT molecular complexity index is 643. The molecule has 0 saturated heterocycles. The predicted octanol–water partition coefficient (Wildman–Crippen LogP) is -3.49. The number of primary amides is 1. The summed E-state index contributed by atoms with van der Waals surface area (Å²) in [4.78, 5) is 59.9. The molecule has 0 bridgehead atoms. The summed E-state index contributed by atoms with van der Waals surface area (Å²) in [6.07, 6.45) is 0.582. The number of nitrogens with two attached hydrogens (primary N) is 3. The van der Waals surface area contributed by atoms with Crippen LogP contribution in [-0.2, 0) is 24.0 Å². The average molecular weight is 447 g/mol. The molecule has 0 spiro atoms. The Kier molecular flexibility index (Phi) is 13.0. The maximum atomic E-state index is 12.7. The molecule has 0 radical (unpaired) electrons. The van der Waals surface area contributed by atoms with Crippen molar-refractivity contribution in [1.29, 1.82) is 0 Å².